The minimum Gasteiger partial charge on any atom is -0.497 e. The fraction of sp³-hybridized carbons (Fsp3) is 0.444. The molecule has 1 heterocycles. The van der Waals surface area contributed by atoms with Crippen molar-refractivity contribution in [2.24, 2.45) is 5.92 Å². The molecule has 6 nitrogen and oxygen atoms in total. The van der Waals surface area contributed by atoms with Gasteiger partial charge in [-0.15, -0.1) is 0 Å². The number of rotatable bonds is 7. The van der Waals surface area contributed by atoms with Gasteiger partial charge in [0.2, 0.25) is 11.8 Å². The highest BCUT2D eigenvalue weighted by molar-refractivity contribution is 5.88. The normalized spacial score (nSPS) is 14.2. The Morgan fingerprint density at radius 3 is 2.67 bits per heavy atom. The summed E-state index contributed by atoms with van der Waals surface area (Å²) in [5.74, 6) is 1.02. The lowest BCUT2D eigenvalue weighted by molar-refractivity contribution is -0.137. The molecular formula is C18H25N3O3. The number of benzene rings is 1. The van der Waals surface area contributed by atoms with E-state index in [1.165, 1.54) is 5.01 Å². The summed E-state index contributed by atoms with van der Waals surface area (Å²) in [5.41, 5.74) is 4.78. The van der Waals surface area contributed by atoms with Gasteiger partial charge in [-0.2, -0.15) is 0 Å². The largest absolute Gasteiger partial charge is 0.497 e. The molecule has 1 aliphatic rings. The molecule has 1 aliphatic heterocycles. The van der Waals surface area contributed by atoms with Gasteiger partial charge in [0, 0.05) is 13.0 Å². The Hall–Kier alpha value is -2.50. The van der Waals surface area contributed by atoms with Crippen molar-refractivity contribution in [1.82, 2.24) is 15.8 Å². The molecule has 24 heavy (non-hydrogen) atoms. The standard InChI is InChI=1S/C18H25N3O3/c1-13(2)10-11-19-17(22)12-21-18(23)9-8-16(20-21)14-4-6-15(24-3)7-5-14/h4-8,13,20H,9-12H2,1-3H3,(H,19,22). The average Bonchev–Trinajstić information content (AvgIpc) is 2.56. The quantitative estimate of drug-likeness (QED) is 0.801. The van der Waals surface area contributed by atoms with Crippen molar-refractivity contribution in [2.45, 2.75) is 26.7 Å². The zero-order valence-electron chi connectivity index (χ0n) is 14.5. The summed E-state index contributed by atoms with van der Waals surface area (Å²) in [5, 5.41) is 4.21. The third kappa shape index (κ3) is 5.01. The molecule has 0 aromatic heterocycles. The smallest absolute Gasteiger partial charge is 0.245 e. The number of amides is 2. The molecule has 1 aromatic carbocycles. The predicted molar refractivity (Wildman–Crippen MR) is 92.9 cm³/mol. The lowest BCUT2D eigenvalue weighted by Crippen LogP contribution is -2.49. The van der Waals surface area contributed by atoms with Crippen LogP contribution in [0.4, 0.5) is 0 Å². The highest BCUT2D eigenvalue weighted by Gasteiger charge is 2.22. The molecule has 0 fully saturated rings. The highest BCUT2D eigenvalue weighted by atomic mass is 16.5. The lowest BCUT2D eigenvalue weighted by Gasteiger charge is -2.29. The van der Waals surface area contributed by atoms with E-state index in [4.69, 9.17) is 4.74 Å². The Labute approximate surface area is 142 Å². The van der Waals surface area contributed by atoms with Crippen molar-refractivity contribution in [3.8, 4) is 5.75 Å². The first-order chi connectivity index (χ1) is 11.5. The van der Waals surface area contributed by atoms with E-state index < -0.39 is 0 Å². The van der Waals surface area contributed by atoms with E-state index in [0.29, 0.717) is 12.5 Å². The van der Waals surface area contributed by atoms with Gasteiger partial charge < -0.3 is 10.1 Å². The van der Waals surface area contributed by atoms with Crippen LogP contribution in [0.25, 0.3) is 5.70 Å². The van der Waals surface area contributed by atoms with E-state index in [9.17, 15) is 9.59 Å². The topological polar surface area (TPSA) is 70.7 Å². The summed E-state index contributed by atoms with van der Waals surface area (Å²) in [7, 11) is 1.62. The zero-order chi connectivity index (χ0) is 17.5. The van der Waals surface area contributed by atoms with Gasteiger partial charge in [0.15, 0.2) is 0 Å². The maximum Gasteiger partial charge on any atom is 0.245 e. The first-order valence-electron chi connectivity index (χ1n) is 8.18. The monoisotopic (exact) mass is 331 g/mol. The van der Waals surface area contributed by atoms with Crippen LogP contribution >= 0.6 is 0 Å². The highest BCUT2D eigenvalue weighted by Crippen LogP contribution is 2.20. The molecule has 2 N–H and O–H groups in total. The number of methoxy groups -OCH3 is 1. The van der Waals surface area contributed by atoms with Gasteiger partial charge in [-0.1, -0.05) is 13.8 Å². The maximum absolute atomic E-state index is 12.0. The van der Waals surface area contributed by atoms with E-state index >= 15 is 0 Å². The van der Waals surface area contributed by atoms with Crippen LogP contribution in [0.5, 0.6) is 5.75 Å². The first kappa shape index (κ1) is 17.8. The van der Waals surface area contributed by atoms with E-state index in [2.05, 4.69) is 24.6 Å². The predicted octanol–water partition coefficient (Wildman–Crippen LogP) is 1.94. The molecule has 0 saturated carbocycles. The minimum absolute atomic E-state index is 0.00439. The summed E-state index contributed by atoms with van der Waals surface area (Å²) in [4.78, 5) is 24.0. The minimum atomic E-state index is -0.160. The number of hydrogen-bond donors (Lipinski definition) is 2. The third-order valence-electron chi connectivity index (χ3n) is 3.78. The van der Waals surface area contributed by atoms with Gasteiger partial charge in [0.05, 0.1) is 12.8 Å². The molecule has 0 aliphatic carbocycles. The van der Waals surface area contributed by atoms with Gasteiger partial charge in [0.25, 0.3) is 0 Å². The number of carbonyl (C=O) groups is 2. The zero-order valence-corrected chi connectivity index (χ0v) is 14.5. The maximum atomic E-state index is 12.0. The van der Waals surface area contributed by atoms with Crippen LogP contribution in [0.15, 0.2) is 30.3 Å². The fourth-order valence-corrected chi connectivity index (χ4v) is 2.33. The SMILES string of the molecule is COc1ccc(C2=CCC(=O)N(CC(=O)NCCC(C)C)N2)cc1. The number of nitrogens with one attached hydrogen (secondary N) is 2. The average molecular weight is 331 g/mol. The number of hydrogen-bond acceptors (Lipinski definition) is 4. The summed E-state index contributed by atoms with van der Waals surface area (Å²) in [6.45, 7) is 4.84. The van der Waals surface area contributed by atoms with Crippen LogP contribution in [0.1, 0.15) is 32.3 Å². The van der Waals surface area contributed by atoms with Crippen molar-refractivity contribution >= 4 is 17.5 Å². The van der Waals surface area contributed by atoms with Gasteiger partial charge in [-0.3, -0.25) is 15.0 Å². The Balaban J connectivity index is 1.93. The molecule has 130 valence electrons. The Morgan fingerprint density at radius 2 is 2.04 bits per heavy atom. The summed E-state index contributed by atoms with van der Waals surface area (Å²) >= 11 is 0. The van der Waals surface area contributed by atoms with Crippen LogP contribution in [-0.2, 0) is 9.59 Å². The van der Waals surface area contributed by atoms with E-state index in [1.54, 1.807) is 7.11 Å². The molecule has 1 aromatic rings. The second-order valence-corrected chi connectivity index (χ2v) is 6.17. The molecule has 0 bridgehead atoms. The molecule has 2 amide bonds. The molecule has 6 heteroatoms. The fourth-order valence-electron chi connectivity index (χ4n) is 2.33. The van der Waals surface area contributed by atoms with Crippen molar-refractivity contribution in [2.75, 3.05) is 20.2 Å². The van der Waals surface area contributed by atoms with Crippen LogP contribution in [0.3, 0.4) is 0 Å². The van der Waals surface area contributed by atoms with Gasteiger partial charge in [0.1, 0.15) is 12.3 Å². The Morgan fingerprint density at radius 1 is 1.33 bits per heavy atom. The number of hydrazine groups is 1. The van der Waals surface area contributed by atoms with Crippen LogP contribution in [-0.4, -0.2) is 37.0 Å². The molecule has 0 unspecified atom stereocenters. The molecular weight excluding hydrogens is 306 g/mol. The van der Waals surface area contributed by atoms with Crippen molar-refractivity contribution in [1.29, 1.82) is 0 Å². The van der Waals surface area contributed by atoms with Crippen LogP contribution in [0, 0.1) is 5.92 Å². The lowest BCUT2D eigenvalue weighted by atomic mass is 10.1. The van der Waals surface area contributed by atoms with E-state index in [1.807, 2.05) is 30.3 Å². The summed E-state index contributed by atoms with van der Waals surface area (Å²) < 4.78 is 5.14. The molecule has 0 spiro atoms. The van der Waals surface area contributed by atoms with Crippen molar-refractivity contribution < 1.29 is 14.3 Å². The van der Waals surface area contributed by atoms with Gasteiger partial charge in [-0.25, -0.2) is 5.01 Å². The van der Waals surface area contributed by atoms with Crippen LogP contribution < -0.4 is 15.5 Å². The Bertz CT molecular complexity index is 608. The number of nitrogens with zero attached hydrogens (tertiary/aromatic N) is 1. The van der Waals surface area contributed by atoms with Gasteiger partial charge in [-0.05, 0) is 48.2 Å². The summed E-state index contributed by atoms with van der Waals surface area (Å²) in [6, 6.07) is 7.54. The van der Waals surface area contributed by atoms with Crippen molar-refractivity contribution in [3.05, 3.63) is 35.9 Å². The summed E-state index contributed by atoms with van der Waals surface area (Å²) in [6.07, 6.45) is 3.02. The molecule has 0 atom stereocenters. The number of ether oxygens (including phenoxy) is 1. The second kappa shape index (κ2) is 8.38. The second-order valence-electron chi connectivity index (χ2n) is 6.17. The molecule has 0 saturated heterocycles. The van der Waals surface area contributed by atoms with Crippen molar-refractivity contribution in [3.63, 3.8) is 0 Å². The van der Waals surface area contributed by atoms with E-state index in [0.717, 1.165) is 23.4 Å². The van der Waals surface area contributed by atoms with Gasteiger partial charge >= 0.3 is 0 Å². The first-order valence-corrected chi connectivity index (χ1v) is 8.18. The van der Waals surface area contributed by atoms with Crippen LogP contribution in [0.2, 0.25) is 0 Å². The number of carbonyl (C=O) groups excluding carboxylic acids is 2. The van der Waals surface area contributed by atoms with E-state index in [-0.39, 0.29) is 24.8 Å². The molecule has 0 radical (unpaired) electrons. The molecule has 2 rings (SSSR count). The third-order valence-corrected chi connectivity index (χ3v) is 3.78. The Kier molecular flexibility index (Phi) is 6.23.